The summed E-state index contributed by atoms with van der Waals surface area (Å²) in [7, 11) is 1.00. The predicted molar refractivity (Wildman–Crippen MR) is 172 cm³/mol. The summed E-state index contributed by atoms with van der Waals surface area (Å²) in [5.41, 5.74) is 11.0. The molecule has 1 aliphatic rings. The number of benzene rings is 3. The molecule has 3 aromatic rings. The first-order valence-electron chi connectivity index (χ1n) is 13.2. The average Bonchev–Trinajstić information content (AvgIpc) is 3.35. The lowest BCUT2D eigenvalue weighted by Gasteiger charge is -2.27. The predicted octanol–water partition coefficient (Wildman–Crippen LogP) is 4.59. The molecule has 0 fully saturated rings. The Kier molecular flexibility index (Phi) is 18.5. The SMILES string of the molecule is C=O.CC1CN(c2ccc(OC(C)C)cc2)C([C@H](Cc2ccccc2)NCN)=N1.CO.Cc1ccccc1C.O.[HH].[HH]. The minimum absolute atomic E-state index is 0. The van der Waals surface area contributed by atoms with E-state index in [2.05, 4.69) is 91.7 Å². The van der Waals surface area contributed by atoms with Gasteiger partial charge in [0.25, 0.3) is 0 Å². The van der Waals surface area contributed by atoms with Crippen LogP contribution in [0.5, 0.6) is 5.75 Å². The van der Waals surface area contributed by atoms with Crippen molar-refractivity contribution in [1.82, 2.24) is 5.32 Å². The van der Waals surface area contributed by atoms with Crippen molar-refractivity contribution in [2.75, 3.05) is 25.2 Å². The second-order valence-electron chi connectivity index (χ2n) is 9.34. The van der Waals surface area contributed by atoms with Crippen molar-refractivity contribution in [3.8, 4) is 5.75 Å². The van der Waals surface area contributed by atoms with E-state index in [0.29, 0.717) is 6.67 Å². The van der Waals surface area contributed by atoms with Gasteiger partial charge in [-0.1, -0.05) is 54.6 Å². The monoisotopic (exact) mass is 556 g/mol. The van der Waals surface area contributed by atoms with Crippen LogP contribution in [0.1, 0.15) is 40.3 Å². The maximum atomic E-state index is 8.00. The van der Waals surface area contributed by atoms with Crippen LogP contribution in [-0.2, 0) is 11.2 Å². The highest BCUT2D eigenvalue weighted by Gasteiger charge is 2.29. The minimum atomic E-state index is 0. The Morgan fingerprint density at radius 1 is 1.00 bits per heavy atom. The van der Waals surface area contributed by atoms with Gasteiger partial charge in [0.15, 0.2) is 0 Å². The third kappa shape index (κ3) is 12.1. The normalized spacial score (nSPS) is 14.2. The van der Waals surface area contributed by atoms with Gasteiger partial charge in [0.05, 0.1) is 18.2 Å². The van der Waals surface area contributed by atoms with Gasteiger partial charge in [-0.15, -0.1) is 0 Å². The topological polar surface area (TPSA) is 132 Å². The molecule has 224 valence electrons. The molecule has 0 aromatic heterocycles. The summed E-state index contributed by atoms with van der Waals surface area (Å²) in [6.45, 7) is 13.8. The number of nitrogens with two attached hydrogens (primary N) is 1. The molecule has 2 atom stereocenters. The van der Waals surface area contributed by atoms with Crippen LogP contribution >= 0.6 is 0 Å². The van der Waals surface area contributed by atoms with Crippen LogP contribution in [0.25, 0.3) is 0 Å². The molecule has 1 unspecified atom stereocenters. The van der Waals surface area contributed by atoms with E-state index < -0.39 is 0 Å². The van der Waals surface area contributed by atoms with E-state index in [0.717, 1.165) is 37.3 Å². The maximum Gasteiger partial charge on any atom is 0.121 e. The van der Waals surface area contributed by atoms with Gasteiger partial charge < -0.3 is 30.7 Å². The Balaban J connectivity index is -0.000000865. The summed E-state index contributed by atoms with van der Waals surface area (Å²) in [4.78, 5) is 15.2. The van der Waals surface area contributed by atoms with Crippen molar-refractivity contribution in [3.05, 3.63) is 95.6 Å². The number of aliphatic imine (C=N–C) groups is 1. The summed E-state index contributed by atoms with van der Waals surface area (Å²) < 4.78 is 5.77. The van der Waals surface area contributed by atoms with Crippen LogP contribution < -0.4 is 20.7 Å². The highest BCUT2D eigenvalue weighted by Crippen LogP contribution is 2.25. The molecule has 8 nitrogen and oxygen atoms in total. The maximum absolute atomic E-state index is 8.00. The minimum Gasteiger partial charge on any atom is -0.491 e. The molecule has 40 heavy (non-hydrogen) atoms. The van der Waals surface area contributed by atoms with Crippen LogP contribution in [0.15, 0.2) is 83.9 Å². The van der Waals surface area contributed by atoms with Gasteiger partial charge in [-0.25, -0.2) is 0 Å². The fourth-order valence-electron chi connectivity index (χ4n) is 4.10. The van der Waals surface area contributed by atoms with Gasteiger partial charge in [0.2, 0.25) is 0 Å². The molecule has 6 N–H and O–H groups in total. The molecule has 1 heterocycles. The number of aliphatic hydroxyl groups excluding tert-OH is 1. The van der Waals surface area contributed by atoms with Crippen molar-refractivity contribution in [2.45, 2.75) is 59.2 Å². The number of nitrogens with one attached hydrogen (secondary N) is 1. The highest BCUT2D eigenvalue weighted by atomic mass is 16.5. The first-order valence-corrected chi connectivity index (χ1v) is 13.2. The molecule has 3 aromatic carbocycles. The number of hydrogen-bond acceptors (Lipinski definition) is 7. The first-order chi connectivity index (χ1) is 18.9. The third-order valence-electron chi connectivity index (χ3n) is 5.98. The molecule has 0 spiro atoms. The van der Waals surface area contributed by atoms with Gasteiger partial charge >= 0.3 is 0 Å². The van der Waals surface area contributed by atoms with E-state index in [1.54, 1.807) is 0 Å². The van der Waals surface area contributed by atoms with Crippen LogP contribution in [0.3, 0.4) is 0 Å². The molecule has 4 rings (SSSR count). The van der Waals surface area contributed by atoms with Crippen molar-refractivity contribution >= 4 is 18.3 Å². The Morgan fingerprint density at radius 2 is 1.52 bits per heavy atom. The van der Waals surface area contributed by atoms with Gasteiger partial charge in [-0.2, -0.15) is 0 Å². The molecule has 8 heteroatoms. The summed E-state index contributed by atoms with van der Waals surface area (Å²) >= 11 is 0. The lowest BCUT2D eigenvalue weighted by molar-refractivity contribution is -0.0980. The molecule has 1 aliphatic heterocycles. The second-order valence-corrected chi connectivity index (χ2v) is 9.34. The van der Waals surface area contributed by atoms with E-state index in [1.165, 1.54) is 16.7 Å². The van der Waals surface area contributed by atoms with Gasteiger partial charge in [-0.05, 0) is 82.0 Å². The fraction of sp³-hybridized carbons (Fsp3) is 0.375. The standard InChI is InChI=1S/C22H30N4O.C8H10.CH4O.CH2O.H2O.2H2/c1-16(2)27-20-11-9-19(10-12-20)26-14-17(3)25-22(26)21(24-15-23)13-18-7-5-4-6-8-18;1-7-5-3-4-6-8(7)2;2*1-2;;;/h4-12,16-17,21,24H,13-15,23H2,1-3H3;3-6H,1-2H3;2H,1H3;1H2;1H2;2*1H/t17?,21-;;;;;;/m0....../s1. The molecule has 0 saturated carbocycles. The van der Waals surface area contributed by atoms with Crippen molar-refractivity contribution in [3.63, 3.8) is 0 Å². The number of hydrogen-bond donors (Lipinski definition) is 3. The van der Waals surface area contributed by atoms with Crippen LogP contribution in [0, 0.1) is 13.8 Å². The van der Waals surface area contributed by atoms with Gasteiger partial charge in [-0.3, -0.25) is 10.3 Å². The molecule has 0 bridgehead atoms. The number of aliphatic hydroxyl groups is 1. The highest BCUT2D eigenvalue weighted by molar-refractivity contribution is 6.03. The molecular formula is C32H52N4O4. The summed E-state index contributed by atoms with van der Waals surface area (Å²) in [5.74, 6) is 1.94. The van der Waals surface area contributed by atoms with E-state index in [-0.39, 0.29) is 26.5 Å². The second kappa shape index (κ2) is 20.4. The van der Waals surface area contributed by atoms with Crippen molar-refractivity contribution in [1.29, 1.82) is 0 Å². The van der Waals surface area contributed by atoms with Gasteiger partial charge in [0.1, 0.15) is 18.4 Å². The summed E-state index contributed by atoms with van der Waals surface area (Å²) in [6.07, 6.45) is 1.03. The zero-order valence-corrected chi connectivity index (χ0v) is 24.8. The van der Waals surface area contributed by atoms with Crippen LogP contribution in [0.2, 0.25) is 0 Å². The van der Waals surface area contributed by atoms with E-state index in [9.17, 15) is 0 Å². The number of amidine groups is 1. The Hall–Kier alpha value is -3.56. The zero-order valence-electron chi connectivity index (χ0n) is 24.8. The van der Waals surface area contributed by atoms with E-state index in [4.69, 9.17) is 25.4 Å². The van der Waals surface area contributed by atoms with Crippen LogP contribution in [-0.4, -0.2) is 61.7 Å². The number of ether oxygens (including phenoxy) is 1. The quantitative estimate of drug-likeness (QED) is 0.348. The molecule has 0 amide bonds. The summed E-state index contributed by atoms with van der Waals surface area (Å²) in [6, 6.07) is 27.4. The number of nitrogens with zero attached hydrogens (tertiary/aromatic N) is 2. The number of rotatable bonds is 8. The fourth-order valence-corrected chi connectivity index (χ4v) is 4.10. The number of aryl methyl sites for hydroxylation is 2. The van der Waals surface area contributed by atoms with Crippen molar-refractivity contribution in [2.24, 2.45) is 10.7 Å². The third-order valence-corrected chi connectivity index (χ3v) is 5.98. The molecular weight excluding hydrogens is 504 g/mol. The van der Waals surface area contributed by atoms with Gasteiger partial charge in [0, 0.05) is 28.9 Å². The zero-order chi connectivity index (χ0) is 29.2. The van der Waals surface area contributed by atoms with E-state index >= 15 is 0 Å². The van der Waals surface area contributed by atoms with Crippen LogP contribution in [0.4, 0.5) is 5.69 Å². The Morgan fingerprint density at radius 3 is 2.00 bits per heavy atom. The average molecular weight is 557 g/mol. The number of carbonyl (C=O) groups is 1. The largest absolute Gasteiger partial charge is 0.491 e. The summed E-state index contributed by atoms with van der Waals surface area (Å²) in [5, 5.41) is 10.4. The lowest BCUT2D eigenvalue weighted by Crippen LogP contribution is -2.48. The first kappa shape index (κ1) is 36.4. The molecule has 0 radical (unpaired) electrons. The smallest absolute Gasteiger partial charge is 0.121 e. The Bertz CT molecular complexity index is 1080. The Labute approximate surface area is 243 Å². The van der Waals surface area contributed by atoms with E-state index in [1.807, 2.05) is 38.8 Å². The van der Waals surface area contributed by atoms with Crippen molar-refractivity contribution < 1.29 is 23.0 Å². The lowest BCUT2D eigenvalue weighted by atomic mass is 10.0. The molecule has 0 saturated heterocycles. The number of anilines is 1. The molecule has 0 aliphatic carbocycles. The number of carbonyl (C=O) groups excluding carboxylic acids is 1.